The van der Waals surface area contributed by atoms with Crippen LogP contribution in [0.25, 0.3) is 0 Å². The summed E-state index contributed by atoms with van der Waals surface area (Å²) in [5.74, 6) is 0.144. The van der Waals surface area contributed by atoms with Crippen molar-refractivity contribution in [2.24, 2.45) is 0 Å². The smallest absolute Gasteiger partial charge is 0.414 e. The first kappa shape index (κ1) is 13.1. The summed E-state index contributed by atoms with van der Waals surface area (Å²) in [7, 11) is 0. The maximum atomic E-state index is 12.1. The number of benzene rings is 1. The van der Waals surface area contributed by atoms with E-state index in [0.29, 0.717) is 18.7 Å². The Morgan fingerprint density at radius 3 is 2.80 bits per heavy atom. The van der Waals surface area contributed by atoms with E-state index in [4.69, 9.17) is 9.84 Å². The van der Waals surface area contributed by atoms with Crippen molar-refractivity contribution in [3.05, 3.63) is 29.3 Å². The Morgan fingerprint density at radius 2 is 2.05 bits per heavy atom. The molecule has 1 aromatic carbocycles. The van der Waals surface area contributed by atoms with Gasteiger partial charge in [-0.15, -0.1) is 0 Å². The number of nitrogens with zero attached hydrogens (tertiary/aromatic N) is 1. The molecule has 106 valence electrons. The average molecular weight is 275 g/mol. The van der Waals surface area contributed by atoms with Gasteiger partial charge in [-0.05, 0) is 37.0 Å². The molecular formula is C15H17NO4. The highest BCUT2D eigenvalue weighted by Gasteiger charge is 2.32. The van der Waals surface area contributed by atoms with E-state index in [1.54, 1.807) is 6.07 Å². The van der Waals surface area contributed by atoms with E-state index in [1.165, 1.54) is 4.90 Å². The van der Waals surface area contributed by atoms with Gasteiger partial charge in [0.25, 0.3) is 0 Å². The minimum atomic E-state index is -0.489. The fourth-order valence-corrected chi connectivity index (χ4v) is 2.77. The van der Waals surface area contributed by atoms with Crippen LogP contribution in [0.15, 0.2) is 18.2 Å². The SMILES string of the molecule is O=C1CCCCc2ccc(N3C[C@H](CO)OC3=O)cc21. The lowest BCUT2D eigenvalue weighted by atomic mass is 10.0. The Labute approximate surface area is 117 Å². The molecule has 0 unspecified atom stereocenters. The predicted molar refractivity (Wildman–Crippen MR) is 73.0 cm³/mol. The number of ether oxygens (including phenoxy) is 1. The van der Waals surface area contributed by atoms with Crippen molar-refractivity contribution in [1.82, 2.24) is 0 Å². The fraction of sp³-hybridized carbons (Fsp3) is 0.467. The molecule has 1 atom stereocenters. The van der Waals surface area contributed by atoms with E-state index < -0.39 is 12.2 Å². The summed E-state index contributed by atoms with van der Waals surface area (Å²) in [6.45, 7) is 0.133. The second kappa shape index (κ2) is 5.25. The Balaban J connectivity index is 1.92. The van der Waals surface area contributed by atoms with Crippen molar-refractivity contribution in [2.75, 3.05) is 18.1 Å². The maximum absolute atomic E-state index is 12.1. The van der Waals surface area contributed by atoms with E-state index in [0.717, 1.165) is 30.4 Å². The zero-order valence-corrected chi connectivity index (χ0v) is 11.2. The predicted octanol–water partition coefficient (Wildman–Crippen LogP) is 1.91. The highest BCUT2D eigenvalue weighted by molar-refractivity contribution is 6.00. The summed E-state index contributed by atoms with van der Waals surface area (Å²) in [5.41, 5.74) is 2.45. The number of aryl methyl sites for hydroxylation is 1. The van der Waals surface area contributed by atoms with Crippen LogP contribution in [0.4, 0.5) is 10.5 Å². The van der Waals surface area contributed by atoms with Gasteiger partial charge in [0, 0.05) is 17.7 Å². The first-order chi connectivity index (χ1) is 9.69. The lowest BCUT2D eigenvalue weighted by Gasteiger charge is -2.15. The monoisotopic (exact) mass is 275 g/mol. The molecule has 1 saturated heterocycles. The third kappa shape index (κ3) is 2.29. The number of aliphatic hydroxyl groups is 1. The molecule has 5 nitrogen and oxygen atoms in total. The van der Waals surface area contributed by atoms with Gasteiger partial charge in [-0.1, -0.05) is 6.07 Å². The number of rotatable bonds is 2. The lowest BCUT2D eigenvalue weighted by molar-refractivity contribution is 0.0962. The van der Waals surface area contributed by atoms with Crippen molar-refractivity contribution in [3.63, 3.8) is 0 Å². The van der Waals surface area contributed by atoms with E-state index in [-0.39, 0.29) is 12.4 Å². The van der Waals surface area contributed by atoms with Crippen LogP contribution in [0.5, 0.6) is 0 Å². The molecule has 1 heterocycles. The van der Waals surface area contributed by atoms with Crippen molar-refractivity contribution >= 4 is 17.6 Å². The summed E-state index contributed by atoms with van der Waals surface area (Å²) in [6, 6.07) is 5.55. The topological polar surface area (TPSA) is 66.8 Å². The maximum Gasteiger partial charge on any atom is 0.414 e. The van der Waals surface area contributed by atoms with Gasteiger partial charge in [0.15, 0.2) is 5.78 Å². The normalized spacial score (nSPS) is 22.4. The molecule has 0 radical (unpaired) electrons. The summed E-state index contributed by atoms with van der Waals surface area (Å²) in [6.07, 6.45) is 2.46. The molecule has 20 heavy (non-hydrogen) atoms. The molecular weight excluding hydrogens is 258 g/mol. The fourth-order valence-electron chi connectivity index (χ4n) is 2.77. The quantitative estimate of drug-likeness (QED) is 0.837. The summed E-state index contributed by atoms with van der Waals surface area (Å²) >= 11 is 0. The minimum absolute atomic E-state index is 0.144. The molecule has 5 heteroatoms. The van der Waals surface area contributed by atoms with Gasteiger partial charge in [0.2, 0.25) is 0 Å². The highest BCUT2D eigenvalue weighted by Crippen LogP contribution is 2.28. The molecule has 0 spiro atoms. The van der Waals surface area contributed by atoms with Crippen LogP contribution in [0.3, 0.4) is 0 Å². The number of aliphatic hydroxyl groups excluding tert-OH is 1. The molecule has 1 aliphatic heterocycles. The second-order valence-corrected chi connectivity index (χ2v) is 5.27. The van der Waals surface area contributed by atoms with Crippen molar-refractivity contribution in [1.29, 1.82) is 0 Å². The second-order valence-electron chi connectivity index (χ2n) is 5.27. The van der Waals surface area contributed by atoms with Gasteiger partial charge in [0.1, 0.15) is 6.10 Å². The molecule has 1 aliphatic carbocycles. The standard InChI is InChI=1S/C15H17NO4/c17-9-12-8-16(15(19)20-12)11-6-5-10-3-1-2-4-14(18)13(10)7-11/h5-7,12,17H,1-4,8-9H2/t12-/m1/s1. The molecule has 0 saturated carbocycles. The number of fused-ring (bicyclic) bond motifs is 1. The first-order valence-corrected chi connectivity index (χ1v) is 6.94. The Morgan fingerprint density at radius 1 is 1.25 bits per heavy atom. The molecule has 0 bridgehead atoms. The van der Waals surface area contributed by atoms with Crippen molar-refractivity contribution in [3.8, 4) is 0 Å². The van der Waals surface area contributed by atoms with Gasteiger partial charge in [0.05, 0.1) is 13.2 Å². The van der Waals surface area contributed by atoms with Gasteiger partial charge in [-0.2, -0.15) is 0 Å². The molecule has 1 aromatic rings. The van der Waals surface area contributed by atoms with Crippen molar-refractivity contribution in [2.45, 2.75) is 31.8 Å². The molecule has 1 fully saturated rings. The third-order valence-electron chi connectivity index (χ3n) is 3.88. The number of ketones is 1. The van der Waals surface area contributed by atoms with Crippen LogP contribution >= 0.6 is 0 Å². The molecule has 0 aromatic heterocycles. The zero-order chi connectivity index (χ0) is 14.1. The molecule has 1 N–H and O–H groups in total. The number of carbonyl (C=O) groups is 2. The van der Waals surface area contributed by atoms with Crippen LogP contribution in [0, 0.1) is 0 Å². The van der Waals surface area contributed by atoms with E-state index in [9.17, 15) is 9.59 Å². The van der Waals surface area contributed by atoms with Crippen LogP contribution in [-0.4, -0.2) is 36.2 Å². The van der Waals surface area contributed by atoms with E-state index >= 15 is 0 Å². The molecule has 1 amide bonds. The number of carbonyl (C=O) groups excluding carboxylic acids is 2. The molecule has 3 rings (SSSR count). The minimum Gasteiger partial charge on any atom is -0.441 e. The number of amides is 1. The zero-order valence-electron chi connectivity index (χ0n) is 11.2. The number of cyclic esters (lactones) is 1. The Bertz CT molecular complexity index is 555. The Kier molecular flexibility index (Phi) is 3.44. The summed E-state index contributed by atoms with van der Waals surface area (Å²) in [5, 5.41) is 9.06. The van der Waals surface area contributed by atoms with Crippen molar-refractivity contribution < 1.29 is 19.4 Å². The number of Topliss-reactive ketones (excluding diaryl/α,β-unsaturated/α-hetero) is 1. The summed E-state index contributed by atoms with van der Waals surface area (Å²) in [4.78, 5) is 25.3. The van der Waals surface area contributed by atoms with Crippen LogP contribution in [0.2, 0.25) is 0 Å². The number of hydrogen-bond donors (Lipinski definition) is 1. The third-order valence-corrected chi connectivity index (χ3v) is 3.88. The lowest BCUT2D eigenvalue weighted by Crippen LogP contribution is -2.25. The van der Waals surface area contributed by atoms with Gasteiger partial charge < -0.3 is 9.84 Å². The Hall–Kier alpha value is -1.88. The average Bonchev–Trinajstić information content (AvgIpc) is 2.74. The first-order valence-electron chi connectivity index (χ1n) is 6.94. The highest BCUT2D eigenvalue weighted by atomic mass is 16.6. The van der Waals surface area contributed by atoms with E-state index in [2.05, 4.69) is 0 Å². The van der Waals surface area contributed by atoms with Gasteiger partial charge in [-0.25, -0.2) is 4.79 Å². The number of hydrogen-bond acceptors (Lipinski definition) is 4. The van der Waals surface area contributed by atoms with Gasteiger partial charge >= 0.3 is 6.09 Å². The van der Waals surface area contributed by atoms with Crippen LogP contribution < -0.4 is 4.90 Å². The van der Waals surface area contributed by atoms with Crippen LogP contribution in [-0.2, 0) is 11.2 Å². The largest absolute Gasteiger partial charge is 0.441 e. The van der Waals surface area contributed by atoms with Gasteiger partial charge in [-0.3, -0.25) is 9.69 Å². The molecule has 2 aliphatic rings. The number of anilines is 1. The summed E-state index contributed by atoms with van der Waals surface area (Å²) < 4.78 is 5.03. The van der Waals surface area contributed by atoms with Crippen LogP contribution in [0.1, 0.15) is 35.2 Å². The van der Waals surface area contributed by atoms with E-state index in [1.807, 2.05) is 12.1 Å².